The summed E-state index contributed by atoms with van der Waals surface area (Å²) < 4.78 is 0. The Bertz CT molecular complexity index is 411. The van der Waals surface area contributed by atoms with Gasteiger partial charge in [-0.25, -0.2) is 0 Å². The van der Waals surface area contributed by atoms with Gasteiger partial charge < -0.3 is 9.80 Å². The van der Waals surface area contributed by atoms with Crippen LogP contribution in [0.5, 0.6) is 0 Å². The van der Waals surface area contributed by atoms with Gasteiger partial charge in [-0.1, -0.05) is 0 Å². The van der Waals surface area contributed by atoms with Crippen LogP contribution in [-0.2, 0) is 0 Å². The van der Waals surface area contributed by atoms with E-state index in [0.29, 0.717) is 30.6 Å². The molecule has 4 aliphatic rings. The summed E-state index contributed by atoms with van der Waals surface area (Å²) in [6.45, 7) is 3.16. The lowest BCUT2D eigenvalue weighted by Crippen LogP contribution is -2.65. The van der Waals surface area contributed by atoms with Gasteiger partial charge in [-0.05, 0) is 26.3 Å². The van der Waals surface area contributed by atoms with Gasteiger partial charge >= 0.3 is 0 Å². The Morgan fingerprint density at radius 1 is 1.05 bits per heavy atom. The molecular formula is C14H21N5. The maximum atomic E-state index is 9.07. The molecule has 19 heavy (non-hydrogen) atoms. The van der Waals surface area contributed by atoms with Crippen LogP contribution in [0.4, 0.5) is 0 Å². The summed E-state index contributed by atoms with van der Waals surface area (Å²) in [5, 5.41) is 18.1. The monoisotopic (exact) mass is 259 g/mol. The van der Waals surface area contributed by atoms with Gasteiger partial charge in [0.2, 0.25) is 0 Å². The van der Waals surface area contributed by atoms with E-state index >= 15 is 0 Å². The van der Waals surface area contributed by atoms with Crippen molar-refractivity contribution < 1.29 is 0 Å². The fourth-order valence-corrected chi connectivity index (χ4v) is 4.07. The van der Waals surface area contributed by atoms with Gasteiger partial charge in [0, 0.05) is 43.8 Å². The molecule has 0 radical (unpaired) electrons. The highest BCUT2D eigenvalue weighted by atomic mass is 15.3. The third-order valence-electron chi connectivity index (χ3n) is 5.06. The van der Waals surface area contributed by atoms with Gasteiger partial charge in [0.05, 0.1) is 12.5 Å². The number of fused-ring (bicyclic) bond motifs is 2. The van der Waals surface area contributed by atoms with Crippen molar-refractivity contribution in [2.75, 3.05) is 26.7 Å². The summed E-state index contributed by atoms with van der Waals surface area (Å²) in [6.07, 6.45) is 6.36. The molecule has 0 spiro atoms. The molecule has 4 fully saturated rings. The third kappa shape index (κ3) is 2.18. The Hall–Kier alpha value is -1.30. The minimum atomic E-state index is 0.377. The van der Waals surface area contributed by atoms with Crippen LogP contribution in [0.25, 0.3) is 0 Å². The maximum absolute atomic E-state index is 9.07. The van der Waals surface area contributed by atoms with Crippen LogP contribution in [0.2, 0.25) is 0 Å². The van der Waals surface area contributed by atoms with Crippen LogP contribution in [0, 0.1) is 22.8 Å². The molecule has 0 N–H and O–H groups in total. The molecule has 0 aromatic carbocycles. The molecule has 1 aliphatic carbocycles. The first-order valence-corrected chi connectivity index (χ1v) is 7.22. The SMILES string of the molecule is CN1CCN(C2CC3CC(C2)N3C#N)C(CC#N)C1. The first-order valence-electron chi connectivity index (χ1n) is 7.22. The largest absolute Gasteiger partial charge is 0.304 e. The zero-order valence-electron chi connectivity index (χ0n) is 11.5. The highest BCUT2D eigenvalue weighted by molar-refractivity contribution is 5.08. The normalized spacial score (nSPS) is 39.2. The zero-order chi connectivity index (χ0) is 13.4. The minimum Gasteiger partial charge on any atom is -0.304 e. The molecule has 1 saturated carbocycles. The highest BCUT2D eigenvalue weighted by Gasteiger charge is 2.47. The summed E-state index contributed by atoms with van der Waals surface area (Å²) >= 11 is 0. The number of piperidine rings is 1. The Labute approximate surface area is 115 Å². The zero-order valence-corrected chi connectivity index (χ0v) is 11.5. The summed E-state index contributed by atoms with van der Waals surface area (Å²) in [4.78, 5) is 6.85. The molecule has 3 atom stereocenters. The molecule has 0 aromatic rings. The number of likely N-dealkylation sites (N-methyl/N-ethyl adjacent to an activating group) is 1. The van der Waals surface area contributed by atoms with E-state index in [1.165, 1.54) is 6.42 Å². The highest BCUT2D eigenvalue weighted by Crippen LogP contribution is 2.40. The molecule has 5 nitrogen and oxygen atoms in total. The van der Waals surface area contributed by atoms with Crippen LogP contribution in [-0.4, -0.2) is 65.5 Å². The molecule has 5 heteroatoms. The topological polar surface area (TPSA) is 57.3 Å². The van der Waals surface area contributed by atoms with Crippen molar-refractivity contribution in [2.45, 2.75) is 49.9 Å². The van der Waals surface area contributed by atoms with E-state index in [1.807, 2.05) is 4.90 Å². The van der Waals surface area contributed by atoms with Gasteiger partial charge in [-0.3, -0.25) is 4.90 Å². The Morgan fingerprint density at radius 3 is 2.37 bits per heavy atom. The van der Waals surface area contributed by atoms with Crippen molar-refractivity contribution in [1.82, 2.24) is 14.7 Å². The van der Waals surface area contributed by atoms with Crippen molar-refractivity contribution >= 4 is 0 Å². The number of nitriles is 2. The van der Waals surface area contributed by atoms with Crippen LogP contribution in [0.1, 0.15) is 25.7 Å². The lowest BCUT2D eigenvalue weighted by molar-refractivity contribution is -0.0520. The molecule has 4 rings (SSSR count). The van der Waals surface area contributed by atoms with Gasteiger partial charge in [0.25, 0.3) is 0 Å². The van der Waals surface area contributed by atoms with E-state index < -0.39 is 0 Å². The van der Waals surface area contributed by atoms with Gasteiger partial charge in [-0.2, -0.15) is 10.5 Å². The average molecular weight is 259 g/mol. The Morgan fingerprint density at radius 2 is 1.74 bits per heavy atom. The van der Waals surface area contributed by atoms with Gasteiger partial charge in [0.1, 0.15) is 0 Å². The first kappa shape index (κ1) is 12.7. The standard InChI is InChI=1S/C14H21N5/c1-17-4-5-18(11(9-17)2-3-15)12-6-13-8-14(7-12)19(13)10-16/h11-14H,2,4-9H2,1H3. The fraction of sp³-hybridized carbons (Fsp3) is 0.857. The van der Waals surface area contributed by atoms with Crippen molar-refractivity contribution in [2.24, 2.45) is 0 Å². The van der Waals surface area contributed by atoms with Crippen molar-refractivity contribution in [3.05, 3.63) is 0 Å². The summed E-state index contributed by atoms with van der Waals surface area (Å²) in [6, 6.07) is 4.24. The molecule has 3 heterocycles. The van der Waals surface area contributed by atoms with Crippen LogP contribution < -0.4 is 0 Å². The number of piperazine rings is 1. The van der Waals surface area contributed by atoms with Crippen molar-refractivity contribution in [3.8, 4) is 12.3 Å². The van der Waals surface area contributed by atoms with E-state index in [4.69, 9.17) is 10.5 Å². The van der Waals surface area contributed by atoms with Gasteiger partial charge in [-0.15, -0.1) is 0 Å². The molecule has 102 valence electrons. The number of hydrogen-bond donors (Lipinski definition) is 0. The molecule has 0 aromatic heterocycles. The average Bonchev–Trinajstić information content (AvgIpc) is 2.40. The van der Waals surface area contributed by atoms with E-state index in [-0.39, 0.29) is 0 Å². The lowest BCUT2D eigenvalue weighted by Gasteiger charge is -2.56. The smallest absolute Gasteiger partial charge is 0.179 e. The second-order valence-electron chi connectivity index (χ2n) is 6.19. The van der Waals surface area contributed by atoms with E-state index in [1.54, 1.807) is 0 Å². The molecule has 0 amide bonds. The quantitative estimate of drug-likeness (QED) is 0.680. The van der Waals surface area contributed by atoms with E-state index in [2.05, 4.69) is 29.1 Å². The second-order valence-corrected chi connectivity index (χ2v) is 6.19. The fourth-order valence-electron chi connectivity index (χ4n) is 4.07. The molecule has 2 bridgehead atoms. The van der Waals surface area contributed by atoms with Crippen LogP contribution in [0.15, 0.2) is 0 Å². The first-order chi connectivity index (χ1) is 9.22. The van der Waals surface area contributed by atoms with Crippen LogP contribution in [0.3, 0.4) is 0 Å². The number of hydrogen-bond acceptors (Lipinski definition) is 5. The molecule has 3 unspecified atom stereocenters. The minimum absolute atomic E-state index is 0.377. The number of rotatable bonds is 2. The van der Waals surface area contributed by atoms with Crippen molar-refractivity contribution in [3.63, 3.8) is 0 Å². The lowest BCUT2D eigenvalue weighted by atomic mass is 9.76. The summed E-state index contributed by atoms with van der Waals surface area (Å²) in [7, 11) is 2.14. The predicted octanol–water partition coefficient (Wildman–Crippen LogP) is 0.602. The van der Waals surface area contributed by atoms with Crippen molar-refractivity contribution in [1.29, 1.82) is 10.5 Å². The molecule has 3 aliphatic heterocycles. The molecule has 3 saturated heterocycles. The molecular weight excluding hydrogens is 238 g/mol. The maximum Gasteiger partial charge on any atom is 0.179 e. The Balaban J connectivity index is 1.66. The van der Waals surface area contributed by atoms with Gasteiger partial charge in [0.15, 0.2) is 6.19 Å². The Kier molecular flexibility index (Phi) is 3.35. The van der Waals surface area contributed by atoms with E-state index in [0.717, 1.165) is 32.5 Å². The van der Waals surface area contributed by atoms with Crippen LogP contribution >= 0.6 is 0 Å². The third-order valence-corrected chi connectivity index (χ3v) is 5.06. The predicted molar refractivity (Wildman–Crippen MR) is 70.9 cm³/mol. The summed E-state index contributed by atoms with van der Waals surface area (Å²) in [5.74, 6) is 0. The number of nitrogens with zero attached hydrogens (tertiary/aromatic N) is 5. The second kappa shape index (κ2) is 5.00. The van der Waals surface area contributed by atoms with E-state index in [9.17, 15) is 0 Å². The summed E-state index contributed by atoms with van der Waals surface area (Å²) in [5.41, 5.74) is 0.